The summed E-state index contributed by atoms with van der Waals surface area (Å²) in [5.41, 5.74) is 3.30. The molecule has 0 aliphatic carbocycles. The van der Waals surface area contributed by atoms with Crippen LogP contribution in [0.5, 0.6) is 5.75 Å². The summed E-state index contributed by atoms with van der Waals surface area (Å²) in [6, 6.07) is 15.7. The van der Waals surface area contributed by atoms with Crippen molar-refractivity contribution in [3.8, 4) is 5.75 Å². The van der Waals surface area contributed by atoms with E-state index < -0.39 is 0 Å². The molecule has 0 aliphatic rings. The number of likely N-dealkylation sites (N-methyl/N-ethyl adjacent to an activating group) is 1. The van der Waals surface area contributed by atoms with Gasteiger partial charge in [-0.3, -0.25) is 0 Å². The van der Waals surface area contributed by atoms with Crippen molar-refractivity contribution < 1.29 is 14.4 Å². The standard InChI is InChI=1S/C20H22N2O2S.C3H8/c1-22(2)12-11-16-13-21-17-9-6-10-18(19(16)17)24-20(23)25-14-15-7-4-3-5-8-15;1-3-2/h3-10,13,21H,11-12,14H2,1-2H3;3H2,1-2H3/p+1. The lowest BCUT2D eigenvalue weighted by molar-refractivity contribution is -0.858. The molecule has 0 fully saturated rings. The Morgan fingerprint density at radius 2 is 1.79 bits per heavy atom. The quantitative estimate of drug-likeness (QED) is 0.591. The number of nitrogens with one attached hydrogen (secondary N) is 2. The van der Waals surface area contributed by atoms with Crippen molar-refractivity contribution in [2.45, 2.75) is 32.4 Å². The number of quaternary nitrogens is 1. The molecule has 0 saturated carbocycles. The molecule has 0 atom stereocenters. The maximum atomic E-state index is 12.3. The third-order valence-corrected chi connectivity index (χ3v) is 4.83. The van der Waals surface area contributed by atoms with Gasteiger partial charge in [0.05, 0.1) is 20.6 Å². The number of benzene rings is 2. The molecule has 3 rings (SSSR count). The van der Waals surface area contributed by atoms with E-state index in [1.54, 1.807) is 0 Å². The zero-order valence-corrected chi connectivity index (χ0v) is 18.1. The summed E-state index contributed by atoms with van der Waals surface area (Å²) < 4.78 is 5.65. The molecule has 28 heavy (non-hydrogen) atoms. The van der Waals surface area contributed by atoms with Gasteiger partial charge in [0.15, 0.2) is 0 Å². The van der Waals surface area contributed by atoms with Crippen molar-refractivity contribution in [1.29, 1.82) is 0 Å². The van der Waals surface area contributed by atoms with Crippen LogP contribution in [0.15, 0.2) is 54.7 Å². The second kappa shape index (κ2) is 11.6. The van der Waals surface area contributed by atoms with Gasteiger partial charge in [-0.1, -0.05) is 56.7 Å². The van der Waals surface area contributed by atoms with Gasteiger partial charge in [-0.15, -0.1) is 0 Å². The van der Waals surface area contributed by atoms with Crippen LogP contribution in [0.4, 0.5) is 4.79 Å². The summed E-state index contributed by atoms with van der Waals surface area (Å²) >= 11 is 1.18. The predicted molar refractivity (Wildman–Crippen MR) is 119 cm³/mol. The third-order valence-electron chi connectivity index (χ3n) is 4.04. The zero-order valence-electron chi connectivity index (χ0n) is 17.2. The number of hydrogen-bond donors (Lipinski definition) is 2. The van der Waals surface area contributed by atoms with Crippen molar-refractivity contribution >= 4 is 28.0 Å². The van der Waals surface area contributed by atoms with Gasteiger partial charge in [-0.2, -0.15) is 0 Å². The number of thioether (sulfide) groups is 1. The molecule has 0 bridgehead atoms. The van der Waals surface area contributed by atoms with Gasteiger partial charge >= 0.3 is 5.30 Å². The first-order chi connectivity index (χ1) is 13.5. The summed E-state index contributed by atoms with van der Waals surface area (Å²) in [6.07, 6.45) is 4.20. The number of carbonyl (C=O) groups excluding carboxylic acids is 1. The number of carbonyl (C=O) groups is 1. The fraction of sp³-hybridized carbons (Fsp3) is 0.348. The van der Waals surface area contributed by atoms with Gasteiger partial charge in [0.25, 0.3) is 0 Å². The number of fused-ring (bicyclic) bond motifs is 1. The smallest absolute Gasteiger partial charge is 0.373 e. The van der Waals surface area contributed by atoms with Crippen molar-refractivity contribution in [3.05, 3.63) is 65.9 Å². The molecule has 2 N–H and O–H groups in total. The Labute approximate surface area is 172 Å². The molecule has 150 valence electrons. The topological polar surface area (TPSA) is 46.5 Å². The van der Waals surface area contributed by atoms with E-state index in [2.05, 4.69) is 32.9 Å². The summed E-state index contributed by atoms with van der Waals surface area (Å²) in [7, 11) is 4.27. The molecule has 3 aromatic rings. The first-order valence-corrected chi connectivity index (χ1v) is 10.8. The lowest BCUT2D eigenvalue weighted by Crippen LogP contribution is -3.05. The third kappa shape index (κ3) is 6.73. The molecule has 0 unspecified atom stereocenters. The Hall–Kier alpha value is -2.24. The Bertz CT molecular complexity index is 859. The molecule has 5 heteroatoms. The Balaban J connectivity index is 0.000000878. The molecule has 2 aromatic carbocycles. The molecule has 4 nitrogen and oxygen atoms in total. The summed E-state index contributed by atoms with van der Waals surface area (Å²) in [5, 5.41) is 0.735. The molecule has 0 saturated heterocycles. The minimum Gasteiger partial charge on any atom is -0.418 e. The van der Waals surface area contributed by atoms with E-state index in [4.69, 9.17) is 4.74 Å². The van der Waals surface area contributed by atoms with Crippen LogP contribution in [0.1, 0.15) is 31.4 Å². The number of rotatable bonds is 6. The molecule has 1 aromatic heterocycles. The lowest BCUT2D eigenvalue weighted by Gasteiger charge is -2.09. The molecule has 1 heterocycles. The highest BCUT2D eigenvalue weighted by molar-refractivity contribution is 8.12. The van der Waals surface area contributed by atoms with Gasteiger partial charge in [0.1, 0.15) is 5.75 Å². The van der Waals surface area contributed by atoms with Crippen LogP contribution in [0, 0.1) is 0 Å². The van der Waals surface area contributed by atoms with E-state index in [0.29, 0.717) is 11.5 Å². The van der Waals surface area contributed by atoms with Crippen LogP contribution in [0.3, 0.4) is 0 Å². The number of hydrogen-bond acceptors (Lipinski definition) is 3. The van der Waals surface area contributed by atoms with E-state index >= 15 is 0 Å². The highest BCUT2D eigenvalue weighted by atomic mass is 32.2. The Morgan fingerprint density at radius 1 is 1.07 bits per heavy atom. The SMILES string of the molecule is CCC.C[NH+](C)CCc1c[nH]c2cccc(OC(=O)SCc3ccccc3)c12. The molecular weight excluding hydrogens is 368 g/mol. The largest absolute Gasteiger partial charge is 0.418 e. The fourth-order valence-corrected chi connectivity index (χ4v) is 3.35. The molecular formula is C23H31N2O2S+. The summed E-state index contributed by atoms with van der Waals surface area (Å²) in [4.78, 5) is 16.9. The number of H-pyrrole nitrogens is 1. The number of aromatic nitrogens is 1. The van der Waals surface area contributed by atoms with Gasteiger partial charge in [0.2, 0.25) is 0 Å². The Morgan fingerprint density at radius 3 is 2.46 bits per heavy atom. The summed E-state index contributed by atoms with van der Waals surface area (Å²) in [6.45, 7) is 5.28. The van der Waals surface area contributed by atoms with Crippen molar-refractivity contribution in [2.24, 2.45) is 0 Å². The lowest BCUT2D eigenvalue weighted by atomic mass is 10.1. The van der Waals surface area contributed by atoms with E-state index in [0.717, 1.165) is 29.4 Å². The van der Waals surface area contributed by atoms with Crippen LogP contribution in [0.2, 0.25) is 0 Å². The van der Waals surface area contributed by atoms with Crippen molar-refractivity contribution in [3.63, 3.8) is 0 Å². The van der Waals surface area contributed by atoms with Gasteiger partial charge in [-0.05, 0) is 35.0 Å². The minimum absolute atomic E-state index is 0.276. The number of aromatic amines is 1. The second-order valence-corrected chi connectivity index (χ2v) is 7.94. The van der Waals surface area contributed by atoms with Crippen LogP contribution < -0.4 is 9.64 Å². The second-order valence-electron chi connectivity index (χ2n) is 7.03. The molecule has 0 spiro atoms. The maximum absolute atomic E-state index is 12.3. The van der Waals surface area contributed by atoms with Crippen LogP contribution in [-0.2, 0) is 12.2 Å². The van der Waals surface area contributed by atoms with E-state index in [1.807, 2.05) is 54.7 Å². The van der Waals surface area contributed by atoms with Crippen molar-refractivity contribution in [2.75, 3.05) is 20.6 Å². The van der Waals surface area contributed by atoms with E-state index in [-0.39, 0.29) is 5.30 Å². The minimum atomic E-state index is -0.276. The Kier molecular flexibility index (Phi) is 9.11. The average Bonchev–Trinajstić information content (AvgIpc) is 3.10. The van der Waals surface area contributed by atoms with Crippen molar-refractivity contribution in [1.82, 2.24) is 4.98 Å². The first kappa shape index (κ1) is 22.1. The van der Waals surface area contributed by atoms with Crippen LogP contribution >= 0.6 is 11.8 Å². The van der Waals surface area contributed by atoms with Gasteiger partial charge in [-0.25, -0.2) is 4.79 Å². The highest BCUT2D eigenvalue weighted by Crippen LogP contribution is 2.30. The number of ether oxygens (including phenoxy) is 1. The highest BCUT2D eigenvalue weighted by Gasteiger charge is 2.14. The van der Waals surface area contributed by atoms with E-state index in [9.17, 15) is 4.79 Å². The molecule has 0 aliphatic heterocycles. The van der Waals surface area contributed by atoms with Gasteiger partial charge < -0.3 is 14.6 Å². The van der Waals surface area contributed by atoms with Gasteiger partial charge in [0, 0.05) is 29.3 Å². The fourth-order valence-electron chi connectivity index (χ4n) is 2.72. The van der Waals surface area contributed by atoms with Crippen LogP contribution in [-0.4, -0.2) is 30.9 Å². The zero-order chi connectivity index (χ0) is 20.4. The monoisotopic (exact) mass is 399 g/mol. The first-order valence-electron chi connectivity index (χ1n) is 9.81. The predicted octanol–water partition coefficient (Wildman–Crippen LogP) is 4.70. The molecule has 0 amide bonds. The maximum Gasteiger partial charge on any atom is 0.373 e. The van der Waals surface area contributed by atoms with E-state index in [1.165, 1.54) is 28.6 Å². The normalized spacial score (nSPS) is 10.6. The molecule has 0 radical (unpaired) electrons. The summed E-state index contributed by atoms with van der Waals surface area (Å²) in [5.74, 6) is 1.24. The average molecular weight is 400 g/mol. The van der Waals surface area contributed by atoms with Crippen LogP contribution in [0.25, 0.3) is 10.9 Å².